The second-order valence-electron chi connectivity index (χ2n) is 5.42. The fraction of sp³-hybridized carbons (Fsp3) is 0.158. The number of halogens is 1. The average Bonchev–Trinajstić information content (AvgIpc) is 2.98. The number of para-hydroxylation sites is 1. The number of hydrogen-bond donors (Lipinski definition) is 1. The molecule has 2 aromatic carbocycles. The zero-order valence-electron chi connectivity index (χ0n) is 14.0. The number of rotatable bonds is 6. The van der Waals surface area contributed by atoms with Crippen molar-refractivity contribution >= 4 is 38.8 Å². The van der Waals surface area contributed by atoms with Gasteiger partial charge in [-0.2, -0.15) is 0 Å². The molecule has 0 radical (unpaired) electrons. The van der Waals surface area contributed by atoms with Crippen LogP contribution in [0, 0.1) is 0 Å². The molecule has 1 heterocycles. The lowest BCUT2D eigenvalue weighted by molar-refractivity contribution is 0.0488. The van der Waals surface area contributed by atoms with Gasteiger partial charge in [0.25, 0.3) is 5.91 Å². The SMILES string of the molecule is CCOC(=O)c1oc2ccc(Br)cc2c1COc1ccccc1C(N)=O. The third-order valence-corrected chi connectivity index (χ3v) is 4.23. The van der Waals surface area contributed by atoms with Gasteiger partial charge < -0.3 is 19.6 Å². The number of benzene rings is 2. The highest BCUT2D eigenvalue weighted by Crippen LogP contribution is 2.31. The highest BCUT2D eigenvalue weighted by Gasteiger charge is 2.23. The summed E-state index contributed by atoms with van der Waals surface area (Å²) in [5.41, 5.74) is 6.72. The summed E-state index contributed by atoms with van der Waals surface area (Å²) in [6, 6.07) is 12.0. The summed E-state index contributed by atoms with van der Waals surface area (Å²) in [5.74, 6) is -0.747. The van der Waals surface area contributed by atoms with Crippen LogP contribution in [0.4, 0.5) is 0 Å². The number of hydrogen-bond acceptors (Lipinski definition) is 5. The number of amides is 1. The molecule has 0 bridgehead atoms. The Balaban J connectivity index is 2.01. The number of carbonyl (C=O) groups is 2. The van der Waals surface area contributed by atoms with Crippen molar-refractivity contribution in [3.05, 3.63) is 63.8 Å². The number of nitrogens with two attached hydrogens (primary N) is 1. The van der Waals surface area contributed by atoms with Crippen molar-refractivity contribution < 1.29 is 23.5 Å². The lowest BCUT2D eigenvalue weighted by Crippen LogP contribution is -2.13. The van der Waals surface area contributed by atoms with Crippen LogP contribution in [0.1, 0.15) is 33.4 Å². The largest absolute Gasteiger partial charge is 0.488 e. The third-order valence-electron chi connectivity index (χ3n) is 3.74. The maximum absolute atomic E-state index is 12.2. The van der Waals surface area contributed by atoms with E-state index in [0.717, 1.165) is 9.86 Å². The van der Waals surface area contributed by atoms with Crippen molar-refractivity contribution in [2.24, 2.45) is 5.73 Å². The quantitative estimate of drug-likeness (QED) is 0.610. The molecule has 0 aliphatic heterocycles. The predicted molar refractivity (Wildman–Crippen MR) is 99.2 cm³/mol. The van der Waals surface area contributed by atoms with E-state index in [1.165, 1.54) is 0 Å². The zero-order chi connectivity index (χ0) is 18.7. The molecular weight excluding hydrogens is 402 g/mol. The molecule has 3 rings (SSSR count). The van der Waals surface area contributed by atoms with Gasteiger partial charge in [0.2, 0.25) is 5.76 Å². The van der Waals surface area contributed by atoms with E-state index in [9.17, 15) is 9.59 Å². The van der Waals surface area contributed by atoms with E-state index in [1.807, 2.05) is 12.1 Å². The lowest BCUT2D eigenvalue weighted by Gasteiger charge is -2.09. The first-order valence-corrected chi connectivity index (χ1v) is 8.70. The van der Waals surface area contributed by atoms with Gasteiger partial charge in [0.15, 0.2) is 0 Å². The predicted octanol–water partition coefficient (Wildman–Crippen LogP) is 4.05. The summed E-state index contributed by atoms with van der Waals surface area (Å²) >= 11 is 3.41. The summed E-state index contributed by atoms with van der Waals surface area (Å²) in [6.07, 6.45) is 0. The molecular formula is C19H16BrNO5. The van der Waals surface area contributed by atoms with Crippen LogP contribution in [0.2, 0.25) is 0 Å². The Bertz CT molecular complexity index is 979. The Labute approximate surface area is 158 Å². The van der Waals surface area contributed by atoms with Gasteiger partial charge in [-0.25, -0.2) is 4.79 Å². The van der Waals surface area contributed by atoms with Gasteiger partial charge in [0.05, 0.1) is 17.7 Å². The average molecular weight is 418 g/mol. The highest BCUT2D eigenvalue weighted by molar-refractivity contribution is 9.10. The molecule has 134 valence electrons. The first-order chi connectivity index (χ1) is 12.5. The van der Waals surface area contributed by atoms with Crippen LogP contribution in [0.25, 0.3) is 11.0 Å². The van der Waals surface area contributed by atoms with Gasteiger partial charge in [-0.15, -0.1) is 0 Å². The molecule has 3 aromatic rings. The maximum Gasteiger partial charge on any atom is 0.374 e. The van der Waals surface area contributed by atoms with Crippen molar-refractivity contribution in [1.29, 1.82) is 0 Å². The van der Waals surface area contributed by atoms with Crippen LogP contribution in [0.5, 0.6) is 5.75 Å². The Morgan fingerprint density at radius 3 is 2.69 bits per heavy atom. The van der Waals surface area contributed by atoms with Gasteiger partial charge in [0.1, 0.15) is 17.9 Å². The van der Waals surface area contributed by atoms with Crippen molar-refractivity contribution in [3.63, 3.8) is 0 Å². The van der Waals surface area contributed by atoms with Crippen molar-refractivity contribution in [2.75, 3.05) is 6.61 Å². The zero-order valence-corrected chi connectivity index (χ0v) is 15.5. The Kier molecular flexibility index (Phi) is 5.27. The second kappa shape index (κ2) is 7.61. The third kappa shape index (κ3) is 3.57. The van der Waals surface area contributed by atoms with E-state index in [4.69, 9.17) is 19.6 Å². The van der Waals surface area contributed by atoms with E-state index in [0.29, 0.717) is 16.9 Å². The van der Waals surface area contributed by atoms with E-state index >= 15 is 0 Å². The number of esters is 1. The van der Waals surface area contributed by atoms with E-state index in [2.05, 4.69) is 15.9 Å². The van der Waals surface area contributed by atoms with Gasteiger partial charge in [-0.3, -0.25) is 4.79 Å². The summed E-state index contributed by atoms with van der Waals surface area (Å²) in [6.45, 7) is 1.96. The minimum Gasteiger partial charge on any atom is -0.488 e. The molecule has 0 fully saturated rings. The molecule has 26 heavy (non-hydrogen) atoms. The Morgan fingerprint density at radius 1 is 1.19 bits per heavy atom. The molecule has 0 spiro atoms. The normalized spacial score (nSPS) is 10.7. The topological polar surface area (TPSA) is 91.8 Å². The van der Waals surface area contributed by atoms with Gasteiger partial charge in [0, 0.05) is 9.86 Å². The molecule has 1 amide bonds. The van der Waals surface area contributed by atoms with Crippen molar-refractivity contribution in [2.45, 2.75) is 13.5 Å². The van der Waals surface area contributed by atoms with Crippen molar-refractivity contribution in [1.82, 2.24) is 0 Å². The van der Waals surface area contributed by atoms with E-state index in [1.54, 1.807) is 37.3 Å². The number of carbonyl (C=O) groups excluding carboxylic acids is 2. The summed E-state index contributed by atoms with van der Waals surface area (Å²) in [7, 11) is 0. The number of primary amides is 1. The van der Waals surface area contributed by atoms with Gasteiger partial charge in [-0.05, 0) is 37.3 Å². The summed E-state index contributed by atoms with van der Waals surface area (Å²) < 4.78 is 17.3. The van der Waals surface area contributed by atoms with Crippen LogP contribution < -0.4 is 10.5 Å². The first kappa shape index (κ1) is 18.0. The van der Waals surface area contributed by atoms with Crippen LogP contribution in [0.3, 0.4) is 0 Å². The molecule has 0 aliphatic rings. The standard InChI is InChI=1S/C19H16BrNO5/c1-2-24-19(23)17-14(13-9-11(20)7-8-16(13)26-17)10-25-15-6-4-3-5-12(15)18(21)22/h3-9H,2,10H2,1H3,(H2,21,22). The fourth-order valence-corrected chi connectivity index (χ4v) is 2.93. The van der Waals surface area contributed by atoms with Crippen LogP contribution >= 0.6 is 15.9 Å². The molecule has 0 unspecified atom stereocenters. The van der Waals surface area contributed by atoms with Gasteiger partial charge >= 0.3 is 5.97 Å². The minimum absolute atomic E-state index is 0.0158. The van der Waals surface area contributed by atoms with E-state index in [-0.39, 0.29) is 24.5 Å². The molecule has 0 saturated heterocycles. The molecule has 0 aliphatic carbocycles. The molecule has 6 nitrogen and oxygen atoms in total. The second-order valence-corrected chi connectivity index (χ2v) is 6.34. The Hall–Kier alpha value is -2.80. The molecule has 7 heteroatoms. The molecule has 0 atom stereocenters. The smallest absolute Gasteiger partial charge is 0.374 e. The van der Waals surface area contributed by atoms with Crippen LogP contribution in [-0.4, -0.2) is 18.5 Å². The van der Waals surface area contributed by atoms with Crippen LogP contribution in [0.15, 0.2) is 51.4 Å². The number of ether oxygens (including phenoxy) is 2. The van der Waals surface area contributed by atoms with Crippen molar-refractivity contribution in [3.8, 4) is 5.75 Å². The van der Waals surface area contributed by atoms with Gasteiger partial charge in [-0.1, -0.05) is 28.1 Å². The highest BCUT2D eigenvalue weighted by atomic mass is 79.9. The fourth-order valence-electron chi connectivity index (χ4n) is 2.57. The maximum atomic E-state index is 12.2. The van der Waals surface area contributed by atoms with E-state index < -0.39 is 11.9 Å². The molecule has 1 aromatic heterocycles. The molecule has 0 saturated carbocycles. The lowest BCUT2D eigenvalue weighted by atomic mass is 10.1. The number of fused-ring (bicyclic) bond motifs is 1. The monoisotopic (exact) mass is 417 g/mol. The summed E-state index contributed by atoms with van der Waals surface area (Å²) in [4.78, 5) is 23.8. The van der Waals surface area contributed by atoms with Crippen LogP contribution in [-0.2, 0) is 11.3 Å². The molecule has 2 N–H and O–H groups in total. The number of furan rings is 1. The summed E-state index contributed by atoms with van der Waals surface area (Å²) in [5, 5.41) is 0.721. The minimum atomic E-state index is -0.592. The first-order valence-electron chi connectivity index (χ1n) is 7.91. The Morgan fingerprint density at radius 2 is 1.96 bits per heavy atom.